The molecule has 2 rings (SSSR count). The fourth-order valence-electron chi connectivity index (χ4n) is 1.42. The van der Waals surface area contributed by atoms with E-state index in [1.54, 1.807) is 0 Å². The Hall–Kier alpha value is -0.680. The van der Waals surface area contributed by atoms with Crippen molar-refractivity contribution < 1.29 is 4.79 Å². The molecule has 0 aliphatic heterocycles. The molecule has 0 radical (unpaired) electrons. The Morgan fingerprint density at radius 3 is 2.94 bits per heavy atom. The summed E-state index contributed by atoms with van der Waals surface area (Å²) in [5, 5.41) is 2.97. The molecule has 0 atom stereocenters. The van der Waals surface area contributed by atoms with Gasteiger partial charge in [0, 0.05) is 21.1 Å². The van der Waals surface area contributed by atoms with Crippen LogP contribution >= 0.6 is 27.7 Å². The van der Waals surface area contributed by atoms with Gasteiger partial charge in [-0.3, -0.25) is 4.79 Å². The molecular formula is C12H15BrN2OS. The van der Waals surface area contributed by atoms with Crippen molar-refractivity contribution in [1.82, 2.24) is 5.32 Å². The molecule has 1 aromatic rings. The quantitative estimate of drug-likeness (QED) is 0.663. The third kappa shape index (κ3) is 3.64. The van der Waals surface area contributed by atoms with Gasteiger partial charge in [-0.25, -0.2) is 0 Å². The van der Waals surface area contributed by atoms with Gasteiger partial charge in [-0.15, -0.1) is 11.8 Å². The smallest absolute Gasteiger partial charge is 0.230 e. The van der Waals surface area contributed by atoms with Crippen LogP contribution < -0.4 is 11.1 Å². The molecular weight excluding hydrogens is 300 g/mol. The number of nitrogen functional groups attached to an aromatic ring is 1. The van der Waals surface area contributed by atoms with E-state index in [1.165, 1.54) is 11.8 Å². The first-order chi connectivity index (χ1) is 8.06. The van der Waals surface area contributed by atoms with Crippen molar-refractivity contribution in [1.29, 1.82) is 0 Å². The van der Waals surface area contributed by atoms with Gasteiger partial charge in [0.2, 0.25) is 5.91 Å². The molecule has 0 bridgehead atoms. The number of nitrogens with two attached hydrogens (primary N) is 1. The molecule has 3 nitrogen and oxygen atoms in total. The predicted molar refractivity (Wildman–Crippen MR) is 75.2 cm³/mol. The fraction of sp³-hybridized carbons (Fsp3) is 0.417. The lowest BCUT2D eigenvalue weighted by molar-refractivity contribution is -0.118. The molecule has 1 aliphatic carbocycles. The molecule has 1 fully saturated rings. The van der Waals surface area contributed by atoms with Gasteiger partial charge in [0.25, 0.3) is 0 Å². The maximum Gasteiger partial charge on any atom is 0.230 e. The maximum atomic E-state index is 11.6. The average Bonchev–Trinajstić information content (AvgIpc) is 3.05. The van der Waals surface area contributed by atoms with Crippen LogP contribution in [-0.4, -0.2) is 17.7 Å². The maximum absolute atomic E-state index is 11.6. The number of nitrogens with one attached hydrogen (secondary N) is 1. The monoisotopic (exact) mass is 314 g/mol. The Labute approximate surface area is 114 Å². The van der Waals surface area contributed by atoms with E-state index in [4.69, 9.17) is 5.73 Å². The summed E-state index contributed by atoms with van der Waals surface area (Å²) in [6.45, 7) is 1.97. The van der Waals surface area contributed by atoms with E-state index in [-0.39, 0.29) is 5.91 Å². The van der Waals surface area contributed by atoms with Crippen LogP contribution in [0.1, 0.15) is 18.4 Å². The van der Waals surface area contributed by atoms with Crippen LogP contribution in [0.3, 0.4) is 0 Å². The number of benzene rings is 1. The van der Waals surface area contributed by atoms with Gasteiger partial charge in [-0.05, 0) is 53.4 Å². The molecule has 0 saturated heterocycles. The number of aryl methyl sites for hydroxylation is 1. The van der Waals surface area contributed by atoms with Gasteiger partial charge < -0.3 is 11.1 Å². The van der Waals surface area contributed by atoms with Crippen molar-refractivity contribution in [2.75, 3.05) is 11.5 Å². The van der Waals surface area contributed by atoms with Crippen molar-refractivity contribution in [3.63, 3.8) is 0 Å². The molecule has 1 aromatic carbocycles. The highest BCUT2D eigenvalue weighted by Gasteiger charge is 2.23. The van der Waals surface area contributed by atoms with Crippen molar-refractivity contribution in [2.24, 2.45) is 0 Å². The Morgan fingerprint density at radius 2 is 2.29 bits per heavy atom. The number of carbonyl (C=O) groups is 1. The van der Waals surface area contributed by atoms with Crippen LogP contribution in [0, 0.1) is 6.92 Å². The zero-order valence-electron chi connectivity index (χ0n) is 9.63. The topological polar surface area (TPSA) is 55.1 Å². The van der Waals surface area contributed by atoms with E-state index in [0.717, 1.165) is 33.5 Å². The summed E-state index contributed by atoms with van der Waals surface area (Å²) in [6, 6.07) is 4.32. The van der Waals surface area contributed by atoms with Gasteiger partial charge in [-0.2, -0.15) is 0 Å². The molecule has 17 heavy (non-hydrogen) atoms. The minimum absolute atomic E-state index is 0.110. The molecule has 1 amide bonds. The summed E-state index contributed by atoms with van der Waals surface area (Å²) in [5.41, 5.74) is 7.61. The molecule has 0 unspecified atom stereocenters. The minimum Gasteiger partial charge on any atom is -0.398 e. The van der Waals surface area contributed by atoms with Crippen LogP contribution in [-0.2, 0) is 4.79 Å². The number of halogens is 1. The highest BCUT2D eigenvalue weighted by molar-refractivity contribution is 9.10. The van der Waals surface area contributed by atoms with Crippen molar-refractivity contribution in [3.05, 3.63) is 22.2 Å². The lowest BCUT2D eigenvalue weighted by Crippen LogP contribution is -2.26. The largest absolute Gasteiger partial charge is 0.398 e. The van der Waals surface area contributed by atoms with E-state index < -0.39 is 0 Å². The van der Waals surface area contributed by atoms with Gasteiger partial charge in [0.05, 0.1) is 5.75 Å². The Morgan fingerprint density at radius 1 is 1.59 bits per heavy atom. The number of amides is 1. The Balaban J connectivity index is 1.93. The molecule has 92 valence electrons. The van der Waals surface area contributed by atoms with E-state index in [0.29, 0.717) is 11.8 Å². The van der Waals surface area contributed by atoms with E-state index in [9.17, 15) is 4.79 Å². The number of thioether (sulfide) groups is 1. The third-order valence-electron chi connectivity index (χ3n) is 2.62. The Kier molecular flexibility index (Phi) is 3.99. The zero-order valence-corrected chi connectivity index (χ0v) is 12.0. The standard InChI is InChI=1S/C12H15BrN2OS/c1-7-4-11(9(13)5-10(7)14)17-6-12(16)15-8-2-3-8/h4-5,8H,2-3,6,14H2,1H3,(H,15,16). The summed E-state index contributed by atoms with van der Waals surface area (Å²) in [4.78, 5) is 12.6. The van der Waals surface area contributed by atoms with E-state index in [2.05, 4.69) is 21.2 Å². The van der Waals surface area contributed by atoms with Crippen LogP contribution in [0.4, 0.5) is 5.69 Å². The number of hydrogen-bond donors (Lipinski definition) is 2. The van der Waals surface area contributed by atoms with Gasteiger partial charge in [0.1, 0.15) is 0 Å². The highest BCUT2D eigenvalue weighted by atomic mass is 79.9. The normalized spacial score (nSPS) is 14.7. The molecule has 5 heteroatoms. The number of anilines is 1. The van der Waals surface area contributed by atoms with Gasteiger partial charge in [0.15, 0.2) is 0 Å². The first-order valence-electron chi connectivity index (χ1n) is 5.54. The molecule has 0 aromatic heterocycles. The number of rotatable bonds is 4. The van der Waals surface area contributed by atoms with Crippen LogP contribution in [0.5, 0.6) is 0 Å². The Bertz CT molecular complexity index is 446. The van der Waals surface area contributed by atoms with Crippen LogP contribution in [0.2, 0.25) is 0 Å². The minimum atomic E-state index is 0.110. The van der Waals surface area contributed by atoms with E-state index >= 15 is 0 Å². The van der Waals surface area contributed by atoms with Crippen molar-refractivity contribution in [3.8, 4) is 0 Å². The number of carbonyl (C=O) groups excluding carboxylic acids is 1. The molecule has 0 heterocycles. The summed E-state index contributed by atoms with van der Waals surface area (Å²) >= 11 is 5.00. The molecule has 3 N–H and O–H groups in total. The van der Waals surface area contributed by atoms with Crippen molar-refractivity contribution >= 4 is 39.3 Å². The van der Waals surface area contributed by atoms with Crippen LogP contribution in [0.25, 0.3) is 0 Å². The SMILES string of the molecule is Cc1cc(SCC(=O)NC2CC2)c(Br)cc1N. The summed E-state index contributed by atoms with van der Waals surface area (Å²) in [7, 11) is 0. The van der Waals surface area contributed by atoms with Crippen molar-refractivity contribution in [2.45, 2.75) is 30.7 Å². The first kappa shape index (κ1) is 12.8. The fourth-order valence-corrected chi connectivity index (χ4v) is 2.95. The lowest BCUT2D eigenvalue weighted by Gasteiger charge is -2.08. The number of hydrogen-bond acceptors (Lipinski definition) is 3. The van der Waals surface area contributed by atoms with Gasteiger partial charge in [-0.1, -0.05) is 0 Å². The zero-order chi connectivity index (χ0) is 12.4. The highest BCUT2D eigenvalue weighted by Crippen LogP contribution is 2.31. The predicted octanol–water partition coefficient (Wildman–Crippen LogP) is 2.71. The van der Waals surface area contributed by atoms with Crippen LogP contribution in [0.15, 0.2) is 21.5 Å². The lowest BCUT2D eigenvalue weighted by atomic mass is 10.2. The second-order valence-electron chi connectivity index (χ2n) is 4.27. The third-order valence-corrected chi connectivity index (χ3v) is 4.60. The second-order valence-corrected chi connectivity index (χ2v) is 6.14. The average molecular weight is 315 g/mol. The molecule has 0 spiro atoms. The summed E-state index contributed by atoms with van der Waals surface area (Å²) in [5.74, 6) is 0.567. The summed E-state index contributed by atoms with van der Waals surface area (Å²) in [6.07, 6.45) is 2.25. The van der Waals surface area contributed by atoms with E-state index in [1.807, 2.05) is 19.1 Å². The summed E-state index contributed by atoms with van der Waals surface area (Å²) < 4.78 is 0.949. The molecule has 1 saturated carbocycles. The molecule has 1 aliphatic rings. The van der Waals surface area contributed by atoms with Gasteiger partial charge >= 0.3 is 0 Å². The first-order valence-corrected chi connectivity index (χ1v) is 7.32. The second kappa shape index (κ2) is 5.31.